The number of nitrogens with two attached hydrogens (primary N) is 1. The van der Waals surface area contributed by atoms with Crippen LogP contribution in [0.1, 0.15) is 29.5 Å². The normalized spacial score (nSPS) is 16.8. The van der Waals surface area contributed by atoms with E-state index in [4.69, 9.17) is 15.2 Å². The highest BCUT2D eigenvalue weighted by molar-refractivity contribution is 5.57. The van der Waals surface area contributed by atoms with Crippen LogP contribution in [-0.2, 0) is 5.41 Å². The molecule has 0 spiro atoms. The summed E-state index contributed by atoms with van der Waals surface area (Å²) < 4.78 is 10.9. The second kappa shape index (κ2) is 4.22. The van der Waals surface area contributed by atoms with Crippen molar-refractivity contribution in [1.82, 2.24) is 0 Å². The van der Waals surface area contributed by atoms with Gasteiger partial charge in [0.05, 0.1) is 14.2 Å². The van der Waals surface area contributed by atoms with E-state index in [1.165, 1.54) is 18.4 Å². The SMILES string of the molecule is COc1c(C)cc(C2(CN)CC2)c(C)c1OC. The second-order valence-electron chi connectivity index (χ2n) is 4.92. The minimum atomic E-state index is 0.189. The molecule has 0 aliphatic heterocycles. The summed E-state index contributed by atoms with van der Waals surface area (Å²) in [5, 5.41) is 0. The predicted molar refractivity (Wildman–Crippen MR) is 69.0 cm³/mol. The lowest BCUT2D eigenvalue weighted by molar-refractivity contribution is 0.350. The van der Waals surface area contributed by atoms with Crippen LogP contribution in [0, 0.1) is 13.8 Å². The maximum Gasteiger partial charge on any atom is 0.164 e. The minimum Gasteiger partial charge on any atom is -0.493 e. The van der Waals surface area contributed by atoms with Crippen LogP contribution in [0.25, 0.3) is 0 Å². The van der Waals surface area contributed by atoms with Crippen molar-refractivity contribution in [2.75, 3.05) is 20.8 Å². The first kappa shape index (κ1) is 12.2. The summed E-state index contributed by atoms with van der Waals surface area (Å²) in [5.74, 6) is 1.68. The van der Waals surface area contributed by atoms with Gasteiger partial charge in [0.15, 0.2) is 11.5 Å². The second-order valence-corrected chi connectivity index (χ2v) is 4.92. The van der Waals surface area contributed by atoms with Crippen molar-refractivity contribution in [3.05, 3.63) is 22.8 Å². The van der Waals surface area contributed by atoms with Gasteiger partial charge in [-0.15, -0.1) is 0 Å². The summed E-state index contributed by atoms with van der Waals surface area (Å²) in [6.07, 6.45) is 2.36. The molecule has 1 aliphatic rings. The molecule has 0 saturated heterocycles. The molecule has 0 radical (unpaired) electrons. The zero-order valence-corrected chi connectivity index (χ0v) is 11.1. The van der Waals surface area contributed by atoms with Gasteiger partial charge in [-0.3, -0.25) is 0 Å². The number of rotatable bonds is 4. The van der Waals surface area contributed by atoms with Gasteiger partial charge in [-0.25, -0.2) is 0 Å². The largest absolute Gasteiger partial charge is 0.493 e. The zero-order chi connectivity index (χ0) is 12.6. The third-order valence-electron chi connectivity index (χ3n) is 3.89. The fourth-order valence-corrected chi connectivity index (χ4v) is 2.65. The summed E-state index contributed by atoms with van der Waals surface area (Å²) >= 11 is 0. The van der Waals surface area contributed by atoms with Gasteiger partial charge < -0.3 is 15.2 Å². The highest BCUT2D eigenvalue weighted by atomic mass is 16.5. The number of aryl methyl sites for hydroxylation is 1. The molecule has 17 heavy (non-hydrogen) atoms. The van der Waals surface area contributed by atoms with Crippen molar-refractivity contribution in [3.63, 3.8) is 0 Å². The fourth-order valence-electron chi connectivity index (χ4n) is 2.65. The molecule has 0 amide bonds. The van der Waals surface area contributed by atoms with Gasteiger partial charge in [0.1, 0.15) is 0 Å². The molecule has 1 aromatic carbocycles. The third kappa shape index (κ3) is 1.78. The van der Waals surface area contributed by atoms with E-state index in [-0.39, 0.29) is 5.41 Å². The van der Waals surface area contributed by atoms with Gasteiger partial charge >= 0.3 is 0 Å². The van der Waals surface area contributed by atoms with Gasteiger partial charge in [-0.2, -0.15) is 0 Å². The highest BCUT2D eigenvalue weighted by Gasteiger charge is 2.44. The maximum atomic E-state index is 5.91. The maximum absolute atomic E-state index is 5.91. The number of ether oxygens (including phenoxy) is 2. The standard InChI is InChI=1S/C14H21NO2/c1-9-7-11(14(8-15)5-6-14)10(2)13(17-4)12(9)16-3/h7H,5-6,8,15H2,1-4H3. The number of benzene rings is 1. The first-order valence-electron chi connectivity index (χ1n) is 6.02. The Bertz CT molecular complexity index is 436. The van der Waals surface area contributed by atoms with Crippen LogP contribution in [0.15, 0.2) is 6.07 Å². The Morgan fingerprint density at radius 3 is 2.18 bits per heavy atom. The molecule has 0 bridgehead atoms. The topological polar surface area (TPSA) is 44.5 Å². The summed E-state index contributed by atoms with van der Waals surface area (Å²) in [6.45, 7) is 4.85. The Hall–Kier alpha value is -1.22. The van der Waals surface area contributed by atoms with Crippen molar-refractivity contribution in [3.8, 4) is 11.5 Å². The molecule has 1 fully saturated rings. The molecule has 3 heteroatoms. The lowest BCUT2D eigenvalue weighted by Crippen LogP contribution is -2.21. The van der Waals surface area contributed by atoms with E-state index < -0.39 is 0 Å². The molecule has 0 heterocycles. The van der Waals surface area contributed by atoms with E-state index in [2.05, 4.69) is 19.9 Å². The summed E-state index contributed by atoms with van der Waals surface area (Å²) in [7, 11) is 3.37. The van der Waals surface area contributed by atoms with E-state index in [1.807, 2.05) is 0 Å². The van der Waals surface area contributed by atoms with Crippen LogP contribution in [-0.4, -0.2) is 20.8 Å². The van der Waals surface area contributed by atoms with Crippen molar-refractivity contribution in [2.45, 2.75) is 32.1 Å². The van der Waals surface area contributed by atoms with Crippen LogP contribution in [0.5, 0.6) is 11.5 Å². The molecule has 2 rings (SSSR count). The van der Waals surface area contributed by atoms with Gasteiger partial charge in [0.2, 0.25) is 0 Å². The predicted octanol–water partition coefficient (Wildman–Crippen LogP) is 2.31. The molecule has 0 aromatic heterocycles. The van der Waals surface area contributed by atoms with Crippen molar-refractivity contribution < 1.29 is 9.47 Å². The van der Waals surface area contributed by atoms with Crippen LogP contribution in [0.2, 0.25) is 0 Å². The Labute approximate surface area is 103 Å². The summed E-state index contributed by atoms with van der Waals surface area (Å²) in [6, 6.07) is 2.20. The van der Waals surface area contributed by atoms with Gasteiger partial charge in [-0.1, -0.05) is 6.07 Å². The Morgan fingerprint density at radius 2 is 1.76 bits per heavy atom. The molecule has 1 aliphatic carbocycles. The van der Waals surface area contributed by atoms with Crippen molar-refractivity contribution in [1.29, 1.82) is 0 Å². The molecule has 0 atom stereocenters. The lowest BCUT2D eigenvalue weighted by atomic mass is 9.89. The average molecular weight is 235 g/mol. The molecular formula is C14H21NO2. The molecule has 2 N–H and O–H groups in total. The quantitative estimate of drug-likeness (QED) is 0.871. The van der Waals surface area contributed by atoms with Gasteiger partial charge in [-0.05, 0) is 43.4 Å². The van der Waals surface area contributed by atoms with E-state index in [9.17, 15) is 0 Å². The zero-order valence-electron chi connectivity index (χ0n) is 11.1. The van der Waals surface area contributed by atoms with Crippen LogP contribution >= 0.6 is 0 Å². The van der Waals surface area contributed by atoms with E-state index >= 15 is 0 Å². The van der Waals surface area contributed by atoms with E-state index in [0.29, 0.717) is 6.54 Å². The smallest absolute Gasteiger partial charge is 0.164 e. The summed E-state index contributed by atoms with van der Waals surface area (Å²) in [5.41, 5.74) is 9.71. The first-order valence-corrected chi connectivity index (χ1v) is 6.02. The Balaban J connectivity index is 2.59. The number of hydrogen-bond acceptors (Lipinski definition) is 3. The Kier molecular flexibility index (Phi) is 3.04. The highest BCUT2D eigenvalue weighted by Crippen LogP contribution is 2.51. The molecule has 0 unspecified atom stereocenters. The van der Waals surface area contributed by atoms with Gasteiger partial charge in [0.25, 0.3) is 0 Å². The van der Waals surface area contributed by atoms with Crippen LogP contribution in [0.4, 0.5) is 0 Å². The summed E-state index contributed by atoms with van der Waals surface area (Å²) in [4.78, 5) is 0. The van der Waals surface area contributed by atoms with Crippen molar-refractivity contribution >= 4 is 0 Å². The molecule has 3 nitrogen and oxygen atoms in total. The molecule has 1 aromatic rings. The molecule has 94 valence electrons. The average Bonchev–Trinajstić information content (AvgIpc) is 3.11. The molecule has 1 saturated carbocycles. The lowest BCUT2D eigenvalue weighted by Gasteiger charge is -2.21. The Morgan fingerprint density at radius 1 is 1.18 bits per heavy atom. The monoisotopic (exact) mass is 235 g/mol. The van der Waals surface area contributed by atoms with E-state index in [1.54, 1.807) is 14.2 Å². The fraction of sp³-hybridized carbons (Fsp3) is 0.571. The third-order valence-corrected chi connectivity index (χ3v) is 3.89. The van der Waals surface area contributed by atoms with Crippen LogP contribution < -0.4 is 15.2 Å². The minimum absolute atomic E-state index is 0.189. The first-order chi connectivity index (χ1) is 8.09. The van der Waals surface area contributed by atoms with Crippen molar-refractivity contribution in [2.24, 2.45) is 5.73 Å². The number of methoxy groups -OCH3 is 2. The van der Waals surface area contributed by atoms with E-state index in [0.717, 1.165) is 22.6 Å². The molecular weight excluding hydrogens is 214 g/mol. The number of hydrogen-bond donors (Lipinski definition) is 1. The van der Waals surface area contributed by atoms with Crippen LogP contribution in [0.3, 0.4) is 0 Å². The van der Waals surface area contributed by atoms with Gasteiger partial charge in [0, 0.05) is 12.0 Å².